The van der Waals surface area contributed by atoms with Crippen LogP contribution >= 0.6 is 0 Å². The maximum absolute atomic E-state index is 12.9. The minimum atomic E-state index is -3.51. The first kappa shape index (κ1) is 16.3. The van der Waals surface area contributed by atoms with Gasteiger partial charge in [0.1, 0.15) is 10.6 Å². The minimum absolute atomic E-state index is 0.276. The number of ether oxygens (including phenoxy) is 1. The summed E-state index contributed by atoms with van der Waals surface area (Å²) >= 11 is 0. The lowest BCUT2D eigenvalue weighted by Crippen LogP contribution is -2.34. The smallest absolute Gasteiger partial charge is 0.246 e. The molecule has 1 aromatic carbocycles. The predicted molar refractivity (Wildman–Crippen MR) is 83.3 cm³/mol. The Labute approximate surface area is 127 Å². The number of sulfonamides is 1. The molecular weight excluding hydrogens is 288 g/mol. The molecule has 0 bridgehead atoms. The van der Waals surface area contributed by atoms with Crippen molar-refractivity contribution in [3.63, 3.8) is 0 Å². The van der Waals surface area contributed by atoms with Crippen LogP contribution in [0.2, 0.25) is 0 Å². The summed E-state index contributed by atoms with van der Waals surface area (Å²) in [7, 11) is 0.0246. The number of benzene rings is 1. The number of nitrogens with zero attached hydrogens (tertiary/aromatic N) is 2. The van der Waals surface area contributed by atoms with E-state index in [9.17, 15) is 8.42 Å². The van der Waals surface area contributed by atoms with Gasteiger partial charge in [0.25, 0.3) is 0 Å². The number of likely N-dealkylation sites (N-methyl/N-ethyl adjacent to an activating group) is 1. The molecule has 0 unspecified atom stereocenters. The molecule has 0 saturated carbocycles. The molecule has 5 nitrogen and oxygen atoms in total. The van der Waals surface area contributed by atoms with Crippen molar-refractivity contribution in [1.82, 2.24) is 9.21 Å². The normalized spacial score (nSPS) is 18.5. The Morgan fingerprint density at radius 1 is 1.05 bits per heavy atom. The summed E-state index contributed by atoms with van der Waals surface area (Å²) in [6.45, 7) is 6.64. The maximum Gasteiger partial charge on any atom is 0.246 e. The molecule has 2 rings (SSSR count). The van der Waals surface area contributed by atoms with Crippen molar-refractivity contribution in [2.24, 2.45) is 0 Å². The molecule has 1 aromatic rings. The van der Waals surface area contributed by atoms with Crippen molar-refractivity contribution in [3.8, 4) is 5.75 Å². The van der Waals surface area contributed by atoms with Gasteiger partial charge >= 0.3 is 0 Å². The summed E-state index contributed by atoms with van der Waals surface area (Å²) in [6, 6.07) is 3.52. The average Bonchev–Trinajstić information content (AvgIpc) is 2.66. The minimum Gasteiger partial charge on any atom is -0.495 e. The topological polar surface area (TPSA) is 49.9 Å². The van der Waals surface area contributed by atoms with Crippen LogP contribution in [0.3, 0.4) is 0 Å². The first-order valence-electron chi connectivity index (χ1n) is 7.20. The number of hydrogen-bond acceptors (Lipinski definition) is 4. The van der Waals surface area contributed by atoms with Crippen molar-refractivity contribution < 1.29 is 13.2 Å². The molecule has 0 aliphatic carbocycles. The number of hydrogen-bond donors (Lipinski definition) is 0. The molecule has 1 saturated heterocycles. The Hall–Kier alpha value is -1.11. The quantitative estimate of drug-likeness (QED) is 0.851. The summed E-state index contributed by atoms with van der Waals surface area (Å²) < 4.78 is 32.7. The first-order chi connectivity index (χ1) is 9.86. The lowest BCUT2D eigenvalue weighted by atomic mass is 10.1. The Bertz CT molecular complexity index is 614. The molecule has 0 atom stereocenters. The van der Waals surface area contributed by atoms with Gasteiger partial charge in [-0.15, -0.1) is 0 Å². The SMILES string of the molecule is COc1cc(C)c(C)cc1S(=O)(=O)N1CCCN(C)CC1. The fourth-order valence-corrected chi connectivity index (χ4v) is 4.22. The van der Waals surface area contributed by atoms with Crippen molar-refractivity contribution in [1.29, 1.82) is 0 Å². The zero-order valence-electron chi connectivity index (χ0n) is 13.2. The molecule has 1 heterocycles. The summed E-state index contributed by atoms with van der Waals surface area (Å²) in [6.07, 6.45) is 0.850. The van der Waals surface area contributed by atoms with Gasteiger partial charge in [-0.2, -0.15) is 4.31 Å². The zero-order valence-corrected chi connectivity index (χ0v) is 14.0. The summed E-state index contributed by atoms with van der Waals surface area (Å²) in [5, 5.41) is 0. The van der Waals surface area contributed by atoms with Crippen molar-refractivity contribution in [2.45, 2.75) is 25.2 Å². The number of aryl methyl sites for hydroxylation is 2. The largest absolute Gasteiger partial charge is 0.495 e. The second kappa shape index (κ2) is 6.34. The highest BCUT2D eigenvalue weighted by Crippen LogP contribution is 2.30. The van der Waals surface area contributed by atoms with Gasteiger partial charge in [0, 0.05) is 19.6 Å². The van der Waals surface area contributed by atoms with Crippen LogP contribution in [0.4, 0.5) is 0 Å². The summed E-state index contributed by atoms with van der Waals surface area (Å²) in [5.74, 6) is 0.427. The van der Waals surface area contributed by atoms with E-state index < -0.39 is 10.0 Å². The van der Waals surface area contributed by atoms with Crippen LogP contribution in [0.15, 0.2) is 17.0 Å². The first-order valence-corrected chi connectivity index (χ1v) is 8.64. The third-order valence-electron chi connectivity index (χ3n) is 4.08. The van der Waals surface area contributed by atoms with Crippen LogP contribution in [0.1, 0.15) is 17.5 Å². The highest BCUT2D eigenvalue weighted by atomic mass is 32.2. The molecule has 0 N–H and O–H groups in total. The Kier molecular flexibility index (Phi) is 4.91. The van der Waals surface area contributed by atoms with Crippen molar-refractivity contribution in [3.05, 3.63) is 23.3 Å². The van der Waals surface area contributed by atoms with E-state index in [1.807, 2.05) is 20.9 Å². The lowest BCUT2D eigenvalue weighted by molar-refractivity contribution is 0.346. The lowest BCUT2D eigenvalue weighted by Gasteiger charge is -2.22. The van der Waals surface area contributed by atoms with E-state index in [0.717, 1.165) is 30.6 Å². The summed E-state index contributed by atoms with van der Waals surface area (Å²) in [5.41, 5.74) is 1.99. The molecule has 0 radical (unpaired) electrons. The maximum atomic E-state index is 12.9. The predicted octanol–water partition coefficient (Wildman–Crippen LogP) is 1.64. The van der Waals surface area contributed by atoms with E-state index in [1.54, 1.807) is 16.4 Å². The Balaban J connectivity index is 2.41. The van der Waals surface area contributed by atoms with Gasteiger partial charge in [0.15, 0.2) is 0 Å². The van der Waals surface area contributed by atoms with Crippen LogP contribution in [-0.4, -0.2) is 58.0 Å². The van der Waals surface area contributed by atoms with Gasteiger partial charge in [-0.25, -0.2) is 8.42 Å². The molecule has 118 valence electrons. The third-order valence-corrected chi connectivity index (χ3v) is 6.00. The molecule has 0 aromatic heterocycles. The average molecular weight is 312 g/mol. The van der Waals surface area contributed by atoms with Crippen LogP contribution in [0, 0.1) is 13.8 Å². The molecule has 6 heteroatoms. The van der Waals surface area contributed by atoms with Gasteiger partial charge in [0.05, 0.1) is 7.11 Å². The Morgan fingerprint density at radius 3 is 2.38 bits per heavy atom. The molecule has 1 aliphatic rings. The molecule has 21 heavy (non-hydrogen) atoms. The standard InChI is InChI=1S/C15H24N2O3S/c1-12-10-14(20-4)15(11-13(12)2)21(18,19)17-7-5-6-16(3)8-9-17/h10-11H,5-9H2,1-4H3. The number of rotatable bonds is 3. The van der Waals surface area contributed by atoms with Crippen LogP contribution in [0.5, 0.6) is 5.75 Å². The van der Waals surface area contributed by atoms with Gasteiger partial charge < -0.3 is 9.64 Å². The third kappa shape index (κ3) is 3.39. The second-order valence-electron chi connectivity index (χ2n) is 5.65. The highest BCUT2D eigenvalue weighted by Gasteiger charge is 2.29. The fraction of sp³-hybridized carbons (Fsp3) is 0.600. The van der Waals surface area contributed by atoms with Gasteiger partial charge in [-0.3, -0.25) is 0 Å². The van der Waals surface area contributed by atoms with Crippen LogP contribution < -0.4 is 4.74 Å². The van der Waals surface area contributed by atoms with Crippen molar-refractivity contribution in [2.75, 3.05) is 40.3 Å². The van der Waals surface area contributed by atoms with E-state index in [2.05, 4.69) is 4.90 Å². The summed E-state index contributed by atoms with van der Waals surface area (Å²) in [4.78, 5) is 2.44. The molecule has 1 aliphatic heterocycles. The monoisotopic (exact) mass is 312 g/mol. The molecule has 0 amide bonds. The van der Waals surface area contributed by atoms with E-state index >= 15 is 0 Å². The Morgan fingerprint density at radius 2 is 1.71 bits per heavy atom. The number of methoxy groups -OCH3 is 1. The van der Waals surface area contributed by atoms with E-state index in [4.69, 9.17) is 4.74 Å². The van der Waals surface area contributed by atoms with E-state index in [-0.39, 0.29) is 4.90 Å². The van der Waals surface area contributed by atoms with E-state index in [1.165, 1.54) is 7.11 Å². The van der Waals surface area contributed by atoms with Crippen molar-refractivity contribution >= 4 is 10.0 Å². The molecular formula is C15H24N2O3S. The molecule has 0 spiro atoms. The van der Waals surface area contributed by atoms with Gasteiger partial charge in [-0.05, 0) is 57.1 Å². The van der Waals surface area contributed by atoms with Crippen LogP contribution in [-0.2, 0) is 10.0 Å². The zero-order chi connectivity index (χ0) is 15.6. The second-order valence-corrected chi connectivity index (χ2v) is 7.55. The van der Waals surface area contributed by atoms with E-state index in [0.29, 0.717) is 18.8 Å². The highest BCUT2D eigenvalue weighted by molar-refractivity contribution is 7.89. The van der Waals surface area contributed by atoms with Gasteiger partial charge in [-0.1, -0.05) is 0 Å². The fourth-order valence-electron chi connectivity index (χ4n) is 2.53. The molecule has 1 fully saturated rings. The van der Waals surface area contributed by atoms with Crippen LogP contribution in [0.25, 0.3) is 0 Å². The van der Waals surface area contributed by atoms with Gasteiger partial charge in [0.2, 0.25) is 10.0 Å².